The molecule has 4 N–H and O–H groups in total. The summed E-state index contributed by atoms with van der Waals surface area (Å²) in [5.41, 5.74) is 13.3. The Balaban J connectivity index is 0.000000720. The number of nitrogens with two attached hydrogens (primary N) is 2. The fourth-order valence-corrected chi connectivity index (χ4v) is 1.09. The van der Waals surface area contributed by atoms with Gasteiger partial charge in [0, 0.05) is 6.20 Å². The molecule has 0 aliphatic heterocycles. The summed E-state index contributed by atoms with van der Waals surface area (Å²) in [4.78, 5) is 0. The molecule has 0 aromatic carbocycles. The highest BCUT2D eigenvalue weighted by Crippen LogP contribution is 2.18. The number of nitrogen functional groups attached to an aromatic ring is 2. The van der Waals surface area contributed by atoms with Crippen molar-refractivity contribution >= 4 is 29.3 Å². The molecule has 0 spiro atoms. The second-order valence-electron chi connectivity index (χ2n) is 2.36. The van der Waals surface area contributed by atoms with Crippen molar-refractivity contribution < 1.29 is 0 Å². The molecule has 0 amide bonds. The zero-order valence-electron chi connectivity index (χ0n) is 6.27. The van der Waals surface area contributed by atoms with Crippen molar-refractivity contribution in [2.45, 2.75) is 0 Å². The van der Waals surface area contributed by atoms with Gasteiger partial charge < -0.3 is 11.5 Å². The summed E-state index contributed by atoms with van der Waals surface area (Å²) in [6.07, 6.45) is 3.40. The number of aromatic nitrogens is 2. The van der Waals surface area contributed by atoms with Gasteiger partial charge in [0.25, 0.3) is 0 Å². The van der Waals surface area contributed by atoms with Gasteiger partial charge in [0.2, 0.25) is 0 Å². The number of nitrogens with zero attached hydrogens (tertiary/aromatic N) is 2. The van der Waals surface area contributed by atoms with E-state index in [-0.39, 0.29) is 12.4 Å². The molecule has 64 valence electrons. The first-order valence-electron chi connectivity index (χ1n) is 3.26. The van der Waals surface area contributed by atoms with E-state index in [0.29, 0.717) is 11.4 Å². The molecule has 2 aromatic heterocycles. The summed E-state index contributed by atoms with van der Waals surface area (Å²) in [7, 11) is 0. The lowest BCUT2D eigenvalue weighted by atomic mass is 10.3. The van der Waals surface area contributed by atoms with Gasteiger partial charge in [0.05, 0.1) is 17.6 Å². The molecule has 0 atom stereocenters. The average Bonchev–Trinajstić information content (AvgIpc) is 2.34. The Kier molecular flexibility index (Phi) is 2.10. The largest absolute Gasteiger partial charge is 0.397 e. The van der Waals surface area contributed by atoms with Crippen LogP contribution in [0.15, 0.2) is 24.5 Å². The zero-order valence-corrected chi connectivity index (χ0v) is 7.08. The van der Waals surface area contributed by atoms with Crippen LogP contribution in [0.5, 0.6) is 0 Å². The number of hydrogen-bond acceptors (Lipinski definition) is 3. The molecule has 0 bridgehead atoms. The topological polar surface area (TPSA) is 69.3 Å². The minimum atomic E-state index is 0. The number of pyridine rings is 1. The van der Waals surface area contributed by atoms with Crippen molar-refractivity contribution in [2.75, 3.05) is 11.5 Å². The third kappa shape index (κ3) is 1.06. The fraction of sp³-hybridized carbons (Fsp3) is 0. The van der Waals surface area contributed by atoms with Gasteiger partial charge in [-0.3, -0.25) is 0 Å². The van der Waals surface area contributed by atoms with Gasteiger partial charge in [-0.1, -0.05) is 0 Å². The van der Waals surface area contributed by atoms with Crippen molar-refractivity contribution in [3.8, 4) is 0 Å². The van der Waals surface area contributed by atoms with Crippen LogP contribution in [-0.2, 0) is 0 Å². The van der Waals surface area contributed by atoms with Gasteiger partial charge >= 0.3 is 0 Å². The van der Waals surface area contributed by atoms with E-state index in [9.17, 15) is 0 Å². The lowest BCUT2D eigenvalue weighted by molar-refractivity contribution is 0.962. The van der Waals surface area contributed by atoms with Gasteiger partial charge in [0.15, 0.2) is 0 Å². The van der Waals surface area contributed by atoms with E-state index >= 15 is 0 Å². The Bertz CT molecular complexity index is 395. The molecule has 2 heterocycles. The fourth-order valence-electron chi connectivity index (χ4n) is 1.09. The van der Waals surface area contributed by atoms with E-state index in [1.54, 1.807) is 16.8 Å². The standard InChI is InChI=1S/C7H8N4.ClH/c8-5-2-1-3-11-7(5)6(9)4-10-11;/h1-4H,8-9H2;1H. The third-order valence-electron chi connectivity index (χ3n) is 1.60. The van der Waals surface area contributed by atoms with Gasteiger partial charge in [-0.2, -0.15) is 5.10 Å². The summed E-state index contributed by atoms with van der Waals surface area (Å²) in [5, 5.41) is 3.99. The highest BCUT2D eigenvalue weighted by Gasteiger charge is 2.01. The number of halogens is 1. The molecule has 5 heteroatoms. The van der Waals surface area contributed by atoms with E-state index < -0.39 is 0 Å². The molecule has 2 rings (SSSR count). The van der Waals surface area contributed by atoms with E-state index in [0.717, 1.165) is 5.52 Å². The summed E-state index contributed by atoms with van der Waals surface area (Å²) in [5.74, 6) is 0. The van der Waals surface area contributed by atoms with Crippen LogP contribution in [0.2, 0.25) is 0 Å². The molecule has 0 fully saturated rings. The van der Waals surface area contributed by atoms with Crippen molar-refractivity contribution in [1.29, 1.82) is 0 Å². The number of hydrogen-bond donors (Lipinski definition) is 2. The van der Waals surface area contributed by atoms with Crippen LogP contribution in [-0.4, -0.2) is 9.61 Å². The minimum absolute atomic E-state index is 0. The molecule has 0 radical (unpaired) electrons. The molecule has 0 saturated heterocycles. The predicted octanol–water partition coefficient (Wildman–Crippen LogP) is 0.921. The molecule has 0 saturated carbocycles. The average molecular weight is 185 g/mol. The third-order valence-corrected chi connectivity index (χ3v) is 1.60. The first kappa shape index (κ1) is 8.67. The van der Waals surface area contributed by atoms with E-state index in [2.05, 4.69) is 5.10 Å². The van der Waals surface area contributed by atoms with Crippen LogP contribution in [0.4, 0.5) is 11.4 Å². The normalized spacial score (nSPS) is 9.67. The second kappa shape index (κ2) is 2.91. The van der Waals surface area contributed by atoms with Crippen LogP contribution in [0.1, 0.15) is 0 Å². The van der Waals surface area contributed by atoms with Crippen LogP contribution < -0.4 is 11.5 Å². The van der Waals surface area contributed by atoms with Crippen molar-refractivity contribution in [3.05, 3.63) is 24.5 Å². The Morgan fingerprint density at radius 1 is 1.25 bits per heavy atom. The quantitative estimate of drug-likeness (QED) is 0.640. The minimum Gasteiger partial charge on any atom is -0.397 e. The summed E-state index contributed by atoms with van der Waals surface area (Å²) >= 11 is 0. The maximum absolute atomic E-state index is 5.66. The van der Waals surface area contributed by atoms with E-state index in [4.69, 9.17) is 11.5 Å². The lowest BCUT2D eigenvalue weighted by Gasteiger charge is -1.96. The SMILES string of the molecule is Cl.Nc1cccn2ncc(N)c12. The molecule has 2 aromatic rings. The summed E-state index contributed by atoms with van der Waals surface area (Å²) in [6.45, 7) is 0. The Labute approximate surface area is 75.6 Å². The molecule has 4 nitrogen and oxygen atoms in total. The van der Waals surface area contributed by atoms with Crippen LogP contribution in [0.3, 0.4) is 0 Å². The molecule has 12 heavy (non-hydrogen) atoms. The van der Waals surface area contributed by atoms with Crippen molar-refractivity contribution in [3.63, 3.8) is 0 Å². The Morgan fingerprint density at radius 2 is 2.00 bits per heavy atom. The number of rotatable bonds is 0. The Morgan fingerprint density at radius 3 is 2.67 bits per heavy atom. The van der Waals surface area contributed by atoms with Gasteiger partial charge in [-0.15, -0.1) is 12.4 Å². The van der Waals surface area contributed by atoms with Gasteiger partial charge in [-0.05, 0) is 12.1 Å². The maximum atomic E-state index is 5.66. The van der Waals surface area contributed by atoms with Gasteiger partial charge in [-0.25, -0.2) is 4.52 Å². The van der Waals surface area contributed by atoms with Crippen molar-refractivity contribution in [2.24, 2.45) is 0 Å². The van der Waals surface area contributed by atoms with E-state index in [1.165, 1.54) is 0 Å². The molecule has 0 aliphatic rings. The molecule has 0 unspecified atom stereocenters. The highest BCUT2D eigenvalue weighted by molar-refractivity contribution is 5.85. The van der Waals surface area contributed by atoms with Crippen LogP contribution >= 0.6 is 12.4 Å². The molecule has 0 aliphatic carbocycles. The van der Waals surface area contributed by atoms with Crippen LogP contribution in [0.25, 0.3) is 5.52 Å². The number of fused-ring (bicyclic) bond motifs is 1. The molecular weight excluding hydrogens is 176 g/mol. The van der Waals surface area contributed by atoms with Gasteiger partial charge in [0.1, 0.15) is 5.52 Å². The summed E-state index contributed by atoms with van der Waals surface area (Å²) < 4.78 is 1.66. The summed E-state index contributed by atoms with van der Waals surface area (Å²) in [6, 6.07) is 3.63. The predicted molar refractivity (Wildman–Crippen MR) is 51.3 cm³/mol. The highest BCUT2D eigenvalue weighted by atomic mass is 35.5. The first-order valence-corrected chi connectivity index (χ1v) is 3.26. The van der Waals surface area contributed by atoms with Crippen LogP contribution in [0, 0.1) is 0 Å². The Hall–Kier alpha value is -1.42. The maximum Gasteiger partial charge on any atom is 0.112 e. The second-order valence-corrected chi connectivity index (χ2v) is 2.36. The first-order chi connectivity index (χ1) is 5.29. The zero-order chi connectivity index (χ0) is 7.84. The van der Waals surface area contributed by atoms with Crippen molar-refractivity contribution in [1.82, 2.24) is 9.61 Å². The lowest BCUT2D eigenvalue weighted by Crippen LogP contribution is -1.93. The van der Waals surface area contributed by atoms with E-state index in [1.807, 2.05) is 12.3 Å². The monoisotopic (exact) mass is 184 g/mol. The smallest absolute Gasteiger partial charge is 0.112 e. The molecular formula is C7H9ClN4. The number of anilines is 2.